The number of aryl methyl sites for hydroxylation is 1. The van der Waals surface area contributed by atoms with Crippen LogP contribution in [0.15, 0.2) is 41.4 Å². The molecule has 1 aromatic heterocycles. The molecule has 0 unspecified atom stereocenters. The standard InChI is InChI=1S/C11H10N2S/c1-8-7-10(14)13-11(12-8)9-5-3-2-4-6-9/h2-7H,1H3,(H,12,13,14). The first-order valence-corrected chi connectivity index (χ1v) is 4.80. The zero-order chi connectivity index (χ0) is 9.97. The van der Waals surface area contributed by atoms with Crippen LogP contribution < -0.4 is 0 Å². The second-order valence-electron chi connectivity index (χ2n) is 3.06. The van der Waals surface area contributed by atoms with E-state index in [1.54, 1.807) is 0 Å². The third-order valence-corrected chi connectivity index (χ3v) is 2.10. The van der Waals surface area contributed by atoms with Gasteiger partial charge in [-0.05, 0) is 13.0 Å². The van der Waals surface area contributed by atoms with Gasteiger partial charge in [-0.3, -0.25) is 0 Å². The molecule has 0 spiro atoms. The van der Waals surface area contributed by atoms with E-state index in [1.807, 2.05) is 43.3 Å². The second-order valence-corrected chi connectivity index (χ2v) is 3.52. The normalized spacial score (nSPS) is 10.1. The SMILES string of the molecule is Cc1cc(S)nc(-c2ccccc2)n1. The molecule has 2 nitrogen and oxygen atoms in total. The van der Waals surface area contributed by atoms with Crippen LogP contribution in [0.1, 0.15) is 5.69 Å². The fraction of sp³-hybridized carbons (Fsp3) is 0.0909. The van der Waals surface area contributed by atoms with Gasteiger partial charge in [0.1, 0.15) is 0 Å². The molecule has 1 aromatic carbocycles. The smallest absolute Gasteiger partial charge is 0.160 e. The van der Waals surface area contributed by atoms with Crippen molar-refractivity contribution in [3.05, 3.63) is 42.1 Å². The van der Waals surface area contributed by atoms with E-state index in [-0.39, 0.29) is 0 Å². The van der Waals surface area contributed by atoms with Crippen molar-refractivity contribution in [2.75, 3.05) is 0 Å². The second kappa shape index (κ2) is 3.80. The van der Waals surface area contributed by atoms with E-state index in [0.717, 1.165) is 17.1 Å². The van der Waals surface area contributed by atoms with E-state index in [0.29, 0.717) is 5.03 Å². The summed E-state index contributed by atoms with van der Waals surface area (Å²) in [5.41, 5.74) is 1.95. The highest BCUT2D eigenvalue weighted by Crippen LogP contribution is 2.16. The van der Waals surface area contributed by atoms with Gasteiger partial charge in [0.05, 0.1) is 5.03 Å². The third-order valence-electron chi connectivity index (χ3n) is 1.87. The Morgan fingerprint density at radius 3 is 2.43 bits per heavy atom. The fourth-order valence-corrected chi connectivity index (χ4v) is 1.55. The summed E-state index contributed by atoms with van der Waals surface area (Å²) in [6.45, 7) is 1.94. The van der Waals surface area contributed by atoms with Crippen molar-refractivity contribution >= 4 is 12.6 Å². The average Bonchev–Trinajstić information content (AvgIpc) is 2.18. The number of rotatable bonds is 1. The minimum atomic E-state index is 0.705. The van der Waals surface area contributed by atoms with Gasteiger partial charge >= 0.3 is 0 Å². The number of thiol groups is 1. The largest absolute Gasteiger partial charge is 0.233 e. The van der Waals surface area contributed by atoms with Crippen molar-refractivity contribution in [2.45, 2.75) is 11.9 Å². The summed E-state index contributed by atoms with van der Waals surface area (Å²) < 4.78 is 0. The first-order valence-electron chi connectivity index (χ1n) is 4.36. The third kappa shape index (κ3) is 1.93. The Morgan fingerprint density at radius 1 is 1.07 bits per heavy atom. The molecule has 0 bridgehead atoms. The number of hydrogen-bond acceptors (Lipinski definition) is 3. The lowest BCUT2D eigenvalue weighted by Gasteiger charge is -2.01. The highest BCUT2D eigenvalue weighted by Gasteiger charge is 2.01. The van der Waals surface area contributed by atoms with Crippen LogP contribution in [0, 0.1) is 6.92 Å². The van der Waals surface area contributed by atoms with Gasteiger partial charge in [0, 0.05) is 11.3 Å². The maximum absolute atomic E-state index is 4.34. The molecule has 0 aliphatic rings. The van der Waals surface area contributed by atoms with E-state index in [2.05, 4.69) is 22.6 Å². The molecule has 0 N–H and O–H groups in total. The number of benzene rings is 1. The Balaban J connectivity index is 2.52. The van der Waals surface area contributed by atoms with Crippen molar-refractivity contribution in [1.29, 1.82) is 0 Å². The highest BCUT2D eigenvalue weighted by atomic mass is 32.1. The minimum absolute atomic E-state index is 0.705. The first kappa shape index (κ1) is 9.21. The summed E-state index contributed by atoms with van der Waals surface area (Å²) in [6, 6.07) is 11.7. The van der Waals surface area contributed by atoms with Crippen LogP contribution in [-0.2, 0) is 0 Å². The van der Waals surface area contributed by atoms with Crippen LogP contribution in [0.2, 0.25) is 0 Å². The Hall–Kier alpha value is -1.35. The molecule has 0 saturated heterocycles. The zero-order valence-electron chi connectivity index (χ0n) is 7.81. The predicted octanol–water partition coefficient (Wildman–Crippen LogP) is 2.74. The van der Waals surface area contributed by atoms with E-state index >= 15 is 0 Å². The van der Waals surface area contributed by atoms with Crippen molar-refractivity contribution in [1.82, 2.24) is 9.97 Å². The average molecular weight is 202 g/mol. The van der Waals surface area contributed by atoms with Crippen LogP contribution in [0.4, 0.5) is 0 Å². The summed E-state index contributed by atoms with van der Waals surface area (Å²) in [6.07, 6.45) is 0. The number of hydrogen-bond donors (Lipinski definition) is 1. The maximum Gasteiger partial charge on any atom is 0.160 e. The lowest BCUT2D eigenvalue weighted by molar-refractivity contribution is 1.02. The lowest BCUT2D eigenvalue weighted by atomic mass is 10.2. The molecule has 14 heavy (non-hydrogen) atoms. The molecule has 70 valence electrons. The van der Waals surface area contributed by atoms with Crippen molar-refractivity contribution in [2.24, 2.45) is 0 Å². The number of aromatic nitrogens is 2. The van der Waals surface area contributed by atoms with Crippen LogP contribution in [0.25, 0.3) is 11.4 Å². The summed E-state index contributed by atoms with van der Waals surface area (Å²) in [5.74, 6) is 0.732. The molecule has 0 atom stereocenters. The van der Waals surface area contributed by atoms with Crippen LogP contribution in [0.3, 0.4) is 0 Å². The molecule has 0 aliphatic carbocycles. The lowest BCUT2D eigenvalue weighted by Crippen LogP contribution is -1.92. The summed E-state index contributed by atoms with van der Waals surface area (Å²) >= 11 is 4.22. The van der Waals surface area contributed by atoms with Crippen LogP contribution in [0.5, 0.6) is 0 Å². The molecule has 1 heterocycles. The Kier molecular flexibility index (Phi) is 2.50. The van der Waals surface area contributed by atoms with Crippen LogP contribution in [-0.4, -0.2) is 9.97 Å². The van der Waals surface area contributed by atoms with E-state index in [4.69, 9.17) is 0 Å². The first-order chi connectivity index (χ1) is 6.75. The quantitative estimate of drug-likeness (QED) is 0.568. The van der Waals surface area contributed by atoms with E-state index in [9.17, 15) is 0 Å². The molecule has 0 radical (unpaired) electrons. The van der Waals surface area contributed by atoms with Gasteiger partial charge in [-0.25, -0.2) is 9.97 Å². The predicted molar refractivity (Wildman–Crippen MR) is 59.5 cm³/mol. The maximum atomic E-state index is 4.34. The molecule has 2 rings (SSSR count). The fourth-order valence-electron chi connectivity index (χ4n) is 1.27. The molecule has 0 saturated carbocycles. The van der Waals surface area contributed by atoms with Crippen molar-refractivity contribution < 1.29 is 0 Å². The topological polar surface area (TPSA) is 25.8 Å². The Labute approximate surface area is 88.4 Å². The number of nitrogens with zero attached hydrogens (tertiary/aromatic N) is 2. The van der Waals surface area contributed by atoms with Gasteiger partial charge < -0.3 is 0 Å². The zero-order valence-corrected chi connectivity index (χ0v) is 8.70. The molecular weight excluding hydrogens is 192 g/mol. The Bertz CT molecular complexity index is 420. The molecule has 0 fully saturated rings. The minimum Gasteiger partial charge on any atom is -0.233 e. The van der Waals surface area contributed by atoms with E-state index < -0.39 is 0 Å². The van der Waals surface area contributed by atoms with Gasteiger partial charge in [0.15, 0.2) is 5.82 Å². The van der Waals surface area contributed by atoms with Crippen LogP contribution >= 0.6 is 12.6 Å². The summed E-state index contributed by atoms with van der Waals surface area (Å²) in [7, 11) is 0. The molecule has 3 heteroatoms. The summed E-state index contributed by atoms with van der Waals surface area (Å²) in [5, 5.41) is 0.705. The molecule has 2 aromatic rings. The van der Waals surface area contributed by atoms with E-state index in [1.165, 1.54) is 0 Å². The van der Waals surface area contributed by atoms with Gasteiger partial charge in [0.2, 0.25) is 0 Å². The highest BCUT2D eigenvalue weighted by molar-refractivity contribution is 7.80. The summed E-state index contributed by atoms with van der Waals surface area (Å²) in [4.78, 5) is 8.60. The van der Waals surface area contributed by atoms with Crippen molar-refractivity contribution in [3.63, 3.8) is 0 Å². The van der Waals surface area contributed by atoms with Crippen molar-refractivity contribution in [3.8, 4) is 11.4 Å². The molecular formula is C11H10N2S. The molecule has 0 amide bonds. The van der Waals surface area contributed by atoms with Gasteiger partial charge in [-0.15, -0.1) is 12.6 Å². The van der Waals surface area contributed by atoms with Gasteiger partial charge in [-0.1, -0.05) is 30.3 Å². The monoisotopic (exact) mass is 202 g/mol. The van der Waals surface area contributed by atoms with Gasteiger partial charge in [-0.2, -0.15) is 0 Å². The Morgan fingerprint density at radius 2 is 1.79 bits per heavy atom. The van der Waals surface area contributed by atoms with Gasteiger partial charge in [0.25, 0.3) is 0 Å². The molecule has 0 aliphatic heterocycles.